The van der Waals surface area contributed by atoms with Gasteiger partial charge in [0.2, 0.25) is 0 Å². The zero-order chi connectivity index (χ0) is 21.8. The number of carbonyl (C=O) groups is 1. The van der Waals surface area contributed by atoms with Crippen LogP contribution in [0.2, 0.25) is 0 Å². The van der Waals surface area contributed by atoms with Crippen molar-refractivity contribution in [2.75, 3.05) is 44.9 Å². The van der Waals surface area contributed by atoms with Crippen molar-refractivity contribution in [3.8, 4) is 5.75 Å². The second-order valence-electron chi connectivity index (χ2n) is 6.79. The van der Waals surface area contributed by atoms with Gasteiger partial charge in [0.1, 0.15) is 5.75 Å². The molecule has 9 nitrogen and oxygen atoms in total. The summed E-state index contributed by atoms with van der Waals surface area (Å²) in [6, 6.07) is 4.70. The molecule has 168 valence electrons. The molecule has 0 saturated carbocycles. The molecule has 13 heteroatoms. The number of benzene rings is 1. The maximum atomic E-state index is 12.6. The van der Waals surface area contributed by atoms with Gasteiger partial charge in [0.15, 0.2) is 0 Å². The van der Waals surface area contributed by atoms with E-state index in [0.717, 1.165) is 12.1 Å². The van der Waals surface area contributed by atoms with Gasteiger partial charge in [-0.2, -0.15) is 17.0 Å². The largest absolute Gasteiger partial charge is 0.573 e. The molecule has 1 aromatic carbocycles. The molecule has 0 spiro atoms. The van der Waals surface area contributed by atoms with E-state index >= 15 is 0 Å². The van der Waals surface area contributed by atoms with Gasteiger partial charge >= 0.3 is 12.3 Å². The van der Waals surface area contributed by atoms with Gasteiger partial charge in [-0.25, -0.2) is 10.3 Å². The molecule has 0 aliphatic carbocycles. The summed E-state index contributed by atoms with van der Waals surface area (Å²) in [6.07, 6.45) is -4.17. The van der Waals surface area contributed by atoms with E-state index in [1.165, 1.54) is 20.7 Å². The minimum atomic E-state index is -4.79. The molecule has 3 rings (SSSR count). The number of nitrogens with zero attached hydrogens (tertiary/aromatic N) is 2. The van der Waals surface area contributed by atoms with Crippen LogP contribution in [0.4, 0.5) is 18.9 Å². The van der Waals surface area contributed by atoms with Crippen LogP contribution in [0.15, 0.2) is 24.3 Å². The molecule has 0 radical (unpaired) electrons. The summed E-state index contributed by atoms with van der Waals surface area (Å²) < 4.78 is 73.4. The number of alkyl halides is 3. The monoisotopic (exact) mass is 453 g/mol. The molecule has 0 amide bonds. The molecular formula is C17H22F3N3O6S. The lowest BCUT2D eigenvalue weighted by molar-refractivity contribution is -0.274. The number of hydrogen-bond donors (Lipinski definition) is 1. The fourth-order valence-electron chi connectivity index (χ4n) is 3.18. The molecule has 2 saturated heterocycles. The third kappa shape index (κ3) is 5.97. The first kappa shape index (κ1) is 22.6. The smallest absolute Gasteiger partial charge is 0.406 e. The molecule has 1 N–H and O–H groups in total. The third-order valence-electron chi connectivity index (χ3n) is 4.77. The SMILES string of the molecule is O=C(ONc1ccc(OC(F)(F)F)cc1)C1CCN(S(=O)(=O)N2CCOCC2)CC1. The van der Waals surface area contributed by atoms with Gasteiger partial charge < -0.3 is 14.3 Å². The predicted molar refractivity (Wildman–Crippen MR) is 98.4 cm³/mol. The summed E-state index contributed by atoms with van der Waals surface area (Å²) in [7, 11) is -3.58. The quantitative estimate of drug-likeness (QED) is 0.656. The van der Waals surface area contributed by atoms with Crippen molar-refractivity contribution in [1.82, 2.24) is 8.61 Å². The highest BCUT2D eigenvalue weighted by atomic mass is 32.2. The van der Waals surface area contributed by atoms with Crippen LogP contribution in [-0.2, 0) is 24.6 Å². The Morgan fingerprint density at radius 2 is 1.60 bits per heavy atom. The number of hydrogen-bond acceptors (Lipinski definition) is 7. The molecular weight excluding hydrogens is 431 g/mol. The minimum Gasteiger partial charge on any atom is -0.406 e. The van der Waals surface area contributed by atoms with Crippen LogP contribution in [0.25, 0.3) is 0 Å². The van der Waals surface area contributed by atoms with E-state index in [9.17, 15) is 26.4 Å². The molecule has 2 aliphatic rings. The Labute approximate surface area is 171 Å². The lowest BCUT2D eigenvalue weighted by Crippen LogP contribution is -2.51. The summed E-state index contributed by atoms with van der Waals surface area (Å²) in [5.74, 6) is -1.44. The number of nitrogens with one attached hydrogen (secondary N) is 1. The normalized spacial score (nSPS) is 20.0. The van der Waals surface area contributed by atoms with Gasteiger partial charge in [0.25, 0.3) is 10.2 Å². The fraction of sp³-hybridized carbons (Fsp3) is 0.588. The fourth-order valence-corrected chi connectivity index (χ4v) is 4.79. The van der Waals surface area contributed by atoms with E-state index in [1.807, 2.05) is 0 Å². The maximum Gasteiger partial charge on any atom is 0.573 e. The van der Waals surface area contributed by atoms with Crippen LogP contribution in [0.1, 0.15) is 12.8 Å². The number of rotatable bonds is 6. The van der Waals surface area contributed by atoms with Crippen LogP contribution in [0.5, 0.6) is 5.75 Å². The van der Waals surface area contributed by atoms with Crippen molar-refractivity contribution in [1.29, 1.82) is 0 Å². The van der Waals surface area contributed by atoms with E-state index in [-0.39, 0.29) is 18.8 Å². The van der Waals surface area contributed by atoms with Gasteiger partial charge in [-0.15, -0.1) is 13.2 Å². The number of anilines is 1. The Bertz CT molecular complexity index is 820. The summed E-state index contributed by atoms with van der Waals surface area (Å²) >= 11 is 0. The topological polar surface area (TPSA) is 97.4 Å². The number of morpholine rings is 1. The van der Waals surface area contributed by atoms with Crippen molar-refractivity contribution in [3.63, 3.8) is 0 Å². The highest BCUT2D eigenvalue weighted by Crippen LogP contribution is 2.25. The van der Waals surface area contributed by atoms with Crippen molar-refractivity contribution in [2.45, 2.75) is 19.2 Å². The maximum absolute atomic E-state index is 12.6. The van der Waals surface area contributed by atoms with E-state index in [2.05, 4.69) is 10.2 Å². The number of piperidine rings is 1. The van der Waals surface area contributed by atoms with Gasteiger partial charge in [-0.3, -0.25) is 0 Å². The van der Waals surface area contributed by atoms with Crippen LogP contribution in [0, 0.1) is 5.92 Å². The Balaban J connectivity index is 1.45. The number of ether oxygens (including phenoxy) is 2. The second-order valence-corrected chi connectivity index (χ2v) is 8.72. The molecule has 2 fully saturated rings. The number of halogens is 3. The first-order valence-electron chi connectivity index (χ1n) is 9.30. The van der Waals surface area contributed by atoms with Gasteiger partial charge in [0.05, 0.1) is 24.8 Å². The highest BCUT2D eigenvalue weighted by Gasteiger charge is 2.36. The third-order valence-corrected chi connectivity index (χ3v) is 6.80. The summed E-state index contributed by atoms with van der Waals surface area (Å²) in [4.78, 5) is 17.2. The standard InChI is InChI=1S/C17H22F3N3O6S/c18-17(19,20)28-15-3-1-14(2-4-15)21-29-16(24)13-5-7-22(8-6-13)30(25,26)23-9-11-27-12-10-23/h1-4,13,21H,5-12H2. The zero-order valence-corrected chi connectivity index (χ0v) is 16.7. The summed E-state index contributed by atoms with van der Waals surface area (Å²) in [6.45, 7) is 1.72. The Morgan fingerprint density at radius 1 is 1.03 bits per heavy atom. The lowest BCUT2D eigenvalue weighted by atomic mass is 9.99. The second kappa shape index (κ2) is 9.37. The van der Waals surface area contributed by atoms with Crippen molar-refractivity contribution in [2.24, 2.45) is 5.92 Å². The number of carbonyl (C=O) groups excluding carboxylic acids is 1. The van der Waals surface area contributed by atoms with Gasteiger partial charge in [0, 0.05) is 26.2 Å². The summed E-state index contributed by atoms with van der Waals surface area (Å²) in [5.41, 5.74) is 2.65. The molecule has 30 heavy (non-hydrogen) atoms. The van der Waals surface area contributed by atoms with Crippen LogP contribution < -0.4 is 10.2 Å². The van der Waals surface area contributed by atoms with Crippen LogP contribution in [-0.4, -0.2) is 68.8 Å². The van der Waals surface area contributed by atoms with Crippen molar-refractivity contribution >= 4 is 21.9 Å². The first-order valence-corrected chi connectivity index (χ1v) is 10.7. The minimum absolute atomic E-state index is 0.197. The Morgan fingerprint density at radius 3 is 2.17 bits per heavy atom. The molecule has 0 aromatic heterocycles. The molecule has 2 heterocycles. The van der Waals surface area contributed by atoms with E-state index in [4.69, 9.17) is 9.57 Å². The Kier molecular flexibility index (Phi) is 7.06. The Hall–Kier alpha value is -2.09. The molecule has 2 aliphatic heterocycles. The van der Waals surface area contributed by atoms with E-state index < -0.39 is 34.2 Å². The first-order chi connectivity index (χ1) is 14.1. The van der Waals surface area contributed by atoms with E-state index in [0.29, 0.717) is 39.1 Å². The zero-order valence-electron chi connectivity index (χ0n) is 15.9. The van der Waals surface area contributed by atoms with Crippen molar-refractivity contribution in [3.05, 3.63) is 24.3 Å². The summed E-state index contributed by atoms with van der Waals surface area (Å²) in [5, 5.41) is 0. The molecule has 0 atom stereocenters. The van der Waals surface area contributed by atoms with Gasteiger partial charge in [-0.1, -0.05) is 0 Å². The van der Waals surface area contributed by atoms with Crippen molar-refractivity contribution < 1.29 is 40.7 Å². The van der Waals surface area contributed by atoms with Gasteiger partial charge in [-0.05, 0) is 37.1 Å². The lowest BCUT2D eigenvalue weighted by Gasteiger charge is -2.35. The predicted octanol–water partition coefficient (Wildman–Crippen LogP) is 1.74. The highest BCUT2D eigenvalue weighted by molar-refractivity contribution is 7.86. The average molecular weight is 453 g/mol. The average Bonchev–Trinajstić information content (AvgIpc) is 2.72. The molecule has 0 unspecified atom stereocenters. The van der Waals surface area contributed by atoms with Crippen LogP contribution in [0.3, 0.4) is 0 Å². The molecule has 0 bridgehead atoms. The molecule has 1 aromatic rings. The van der Waals surface area contributed by atoms with Crippen LogP contribution >= 0.6 is 0 Å². The van der Waals surface area contributed by atoms with E-state index in [1.54, 1.807) is 0 Å².